The van der Waals surface area contributed by atoms with Crippen molar-refractivity contribution in [3.63, 3.8) is 0 Å². The summed E-state index contributed by atoms with van der Waals surface area (Å²) >= 11 is 0. The van der Waals surface area contributed by atoms with E-state index in [-0.39, 0.29) is 11.6 Å². The molecule has 0 aromatic heterocycles. The minimum absolute atomic E-state index is 0.0451. The van der Waals surface area contributed by atoms with Gasteiger partial charge in [-0.05, 0) is 75.5 Å². The van der Waals surface area contributed by atoms with Crippen LogP contribution < -0.4 is 0 Å². The van der Waals surface area contributed by atoms with Crippen molar-refractivity contribution >= 4 is 5.97 Å². The van der Waals surface area contributed by atoms with Gasteiger partial charge in [-0.25, -0.2) is 0 Å². The molecule has 0 amide bonds. The first-order valence-electron chi connectivity index (χ1n) is 10.0. The minimum Gasteiger partial charge on any atom is -0.459 e. The number of ether oxygens (including phenoxy) is 1. The Balaban J connectivity index is 1.30. The molecule has 2 nitrogen and oxygen atoms in total. The minimum atomic E-state index is -0.0451. The number of carbonyl (C=O) groups excluding carboxylic acids is 1. The Morgan fingerprint density at radius 2 is 1.43 bits per heavy atom. The standard InChI is InChI=1S/C21H34O2/c1-2-3-4-5-6-7-8-9-10-20(22)23-21-14-17-11-18(15-21)13-19(12-17)16-21/h2,17-19H,1,3-16H2. The SMILES string of the molecule is C=CCCCCCCCCC(=O)OC12CC3CC(CC(C3)C1)C2. The molecule has 4 aliphatic rings. The largest absolute Gasteiger partial charge is 0.459 e. The number of hydrogen-bond donors (Lipinski definition) is 0. The van der Waals surface area contributed by atoms with Gasteiger partial charge in [0.05, 0.1) is 0 Å². The maximum absolute atomic E-state index is 12.3. The van der Waals surface area contributed by atoms with E-state index in [0.29, 0.717) is 6.42 Å². The number of rotatable bonds is 10. The fourth-order valence-corrected chi connectivity index (χ4v) is 5.71. The average Bonchev–Trinajstić information content (AvgIpc) is 2.48. The Kier molecular flexibility index (Phi) is 5.82. The van der Waals surface area contributed by atoms with Crippen LogP contribution in [0.5, 0.6) is 0 Å². The van der Waals surface area contributed by atoms with Crippen LogP contribution in [0, 0.1) is 17.8 Å². The van der Waals surface area contributed by atoms with E-state index in [1.54, 1.807) is 0 Å². The van der Waals surface area contributed by atoms with Crippen LogP contribution >= 0.6 is 0 Å². The van der Waals surface area contributed by atoms with E-state index < -0.39 is 0 Å². The molecule has 4 aliphatic carbocycles. The second-order valence-electron chi connectivity index (χ2n) is 8.52. The zero-order valence-electron chi connectivity index (χ0n) is 14.7. The van der Waals surface area contributed by atoms with Crippen molar-refractivity contribution in [2.45, 2.75) is 95.5 Å². The van der Waals surface area contributed by atoms with Gasteiger partial charge in [-0.15, -0.1) is 6.58 Å². The van der Waals surface area contributed by atoms with Crippen LogP contribution in [0.2, 0.25) is 0 Å². The first-order chi connectivity index (χ1) is 11.2. The molecule has 0 spiro atoms. The molecule has 0 unspecified atom stereocenters. The number of unbranched alkanes of at least 4 members (excludes halogenated alkanes) is 6. The lowest BCUT2D eigenvalue weighted by molar-refractivity contribution is -0.186. The molecule has 4 bridgehead atoms. The van der Waals surface area contributed by atoms with E-state index in [0.717, 1.165) is 49.9 Å². The van der Waals surface area contributed by atoms with Crippen molar-refractivity contribution in [1.82, 2.24) is 0 Å². The van der Waals surface area contributed by atoms with E-state index in [2.05, 4.69) is 6.58 Å². The molecule has 2 heteroatoms. The Morgan fingerprint density at radius 3 is 2.00 bits per heavy atom. The summed E-state index contributed by atoms with van der Waals surface area (Å²) in [5.74, 6) is 2.64. The van der Waals surface area contributed by atoms with Crippen molar-refractivity contribution in [3.8, 4) is 0 Å². The summed E-state index contributed by atoms with van der Waals surface area (Å²) in [5, 5.41) is 0. The van der Waals surface area contributed by atoms with Crippen LogP contribution in [-0.4, -0.2) is 11.6 Å². The first-order valence-corrected chi connectivity index (χ1v) is 10.0. The fourth-order valence-electron chi connectivity index (χ4n) is 5.71. The molecule has 4 fully saturated rings. The lowest BCUT2D eigenvalue weighted by Crippen LogP contribution is -2.52. The molecule has 0 N–H and O–H groups in total. The maximum atomic E-state index is 12.3. The molecule has 0 saturated heterocycles. The second-order valence-corrected chi connectivity index (χ2v) is 8.52. The molecule has 130 valence electrons. The Morgan fingerprint density at radius 1 is 0.913 bits per heavy atom. The van der Waals surface area contributed by atoms with Crippen LogP contribution in [0.25, 0.3) is 0 Å². The van der Waals surface area contributed by atoms with E-state index in [1.807, 2.05) is 6.08 Å². The molecule has 0 heterocycles. The third kappa shape index (κ3) is 4.61. The number of hydrogen-bond acceptors (Lipinski definition) is 2. The highest BCUT2D eigenvalue weighted by atomic mass is 16.6. The molecule has 0 aromatic rings. The van der Waals surface area contributed by atoms with Crippen LogP contribution in [0.3, 0.4) is 0 Å². The Hall–Kier alpha value is -0.790. The zero-order valence-corrected chi connectivity index (χ0v) is 14.7. The van der Waals surface area contributed by atoms with Crippen molar-refractivity contribution in [1.29, 1.82) is 0 Å². The summed E-state index contributed by atoms with van der Waals surface area (Å²) in [5.41, 5.74) is -0.0451. The van der Waals surface area contributed by atoms with Crippen molar-refractivity contribution in [2.24, 2.45) is 17.8 Å². The molecule has 4 rings (SSSR count). The second kappa shape index (κ2) is 7.85. The lowest BCUT2D eigenvalue weighted by Gasteiger charge is -2.55. The predicted molar refractivity (Wildman–Crippen MR) is 94.1 cm³/mol. The highest BCUT2D eigenvalue weighted by Gasteiger charge is 2.53. The molecule has 23 heavy (non-hydrogen) atoms. The van der Waals surface area contributed by atoms with Crippen molar-refractivity contribution in [2.75, 3.05) is 0 Å². The Bertz CT molecular complexity index is 377. The smallest absolute Gasteiger partial charge is 0.306 e. The summed E-state index contributed by atoms with van der Waals surface area (Å²) in [6.07, 6.45) is 18.7. The van der Waals surface area contributed by atoms with Gasteiger partial charge in [-0.1, -0.05) is 31.8 Å². The molecular weight excluding hydrogens is 284 g/mol. The highest BCUT2D eigenvalue weighted by Crippen LogP contribution is 2.57. The van der Waals surface area contributed by atoms with Gasteiger partial charge in [-0.3, -0.25) is 4.79 Å². The maximum Gasteiger partial charge on any atom is 0.306 e. The fraction of sp³-hybridized carbons (Fsp3) is 0.857. The molecule has 4 saturated carbocycles. The molecular formula is C21H34O2. The molecule has 0 aliphatic heterocycles. The third-order valence-electron chi connectivity index (χ3n) is 6.35. The third-order valence-corrected chi connectivity index (χ3v) is 6.35. The quantitative estimate of drug-likeness (QED) is 0.289. The van der Waals surface area contributed by atoms with Gasteiger partial charge in [0, 0.05) is 6.42 Å². The molecule has 0 atom stereocenters. The lowest BCUT2D eigenvalue weighted by atomic mass is 9.54. The van der Waals surface area contributed by atoms with Crippen molar-refractivity contribution < 1.29 is 9.53 Å². The van der Waals surface area contributed by atoms with E-state index in [9.17, 15) is 4.79 Å². The van der Waals surface area contributed by atoms with Gasteiger partial charge in [0.1, 0.15) is 5.60 Å². The summed E-state index contributed by atoms with van der Waals surface area (Å²) in [6, 6.07) is 0. The summed E-state index contributed by atoms with van der Waals surface area (Å²) in [4.78, 5) is 12.3. The number of esters is 1. The Labute approximate surface area is 142 Å². The van der Waals surface area contributed by atoms with Crippen LogP contribution in [0.15, 0.2) is 12.7 Å². The van der Waals surface area contributed by atoms with Gasteiger partial charge < -0.3 is 4.74 Å². The average molecular weight is 319 g/mol. The number of carbonyl (C=O) groups is 1. The predicted octanol–water partition coefficient (Wildman–Crippen LogP) is 5.81. The van der Waals surface area contributed by atoms with Gasteiger partial charge >= 0.3 is 5.97 Å². The topological polar surface area (TPSA) is 26.3 Å². The summed E-state index contributed by atoms with van der Waals surface area (Å²) < 4.78 is 6.06. The monoisotopic (exact) mass is 318 g/mol. The zero-order chi connectivity index (χ0) is 16.1. The summed E-state index contributed by atoms with van der Waals surface area (Å²) in [6.45, 7) is 3.75. The molecule has 0 radical (unpaired) electrons. The van der Waals surface area contributed by atoms with Crippen molar-refractivity contribution in [3.05, 3.63) is 12.7 Å². The van der Waals surface area contributed by atoms with Gasteiger partial charge in [0.15, 0.2) is 0 Å². The number of allylic oxidation sites excluding steroid dienone is 1. The first kappa shape index (κ1) is 17.0. The van der Waals surface area contributed by atoms with E-state index in [1.165, 1.54) is 51.4 Å². The van der Waals surface area contributed by atoms with Gasteiger partial charge in [0.2, 0.25) is 0 Å². The highest BCUT2D eigenvalue weighted by molar-refractivity contribution is 5.70. The summed E-state index contributed by atoms with van der Waals surface area (Å²) in [7, 11) is 0. The van der Waals surface area contributed by atoms with Gasteiger partial charge in [0.25, 0.3) is 0 Å². The van der Waals surface area contributed by atoms with E-state index in [4.69, 9.17) is 4.74 Å². The van der Waals surface area contributed by atoms with Gasteiger partial charge in [-0.2, -0.15) is 0 Å². The van der Waals surface area contributed by atoms with Crippen LogP contribution in [-0.2, 0) is 9.53 Å². The van der Waals surface area contributed by atoms with Crippen LogP contribution in [0.4, 0.5) is 0 Å². The molecule has 0 aromatic carbocycles. The normalized spacial score (nSPS) is 34.5. The van der Waals surface area contributed by atoms with E-state index >= 15 is 0 Å². The van der Waals surface area contributed by atoms with Crippen LogP contribution in [0.1, 0.15) is 89.9 Å².